The summed E-state index contributed by atoms with van der Waals surface area (Å²) in [6, 6.07) is 31.2. The van der Waals surface area contributed by atoms with E-state index in [0.29, 0.717) is 23.8 Å². The first-order valence-corrected chi connectivity index (χ1v) is 10.9. The van der Waals surface area contributed by atoms with Crippen molar-refractivity contribution in [3.8, 4) is 28.0 Å². The number of carbonyl (C=O) groups is 1. The van der Waals surface area contributed by atoms with Crippen molar-refractivity contribution in [3.05, 3.63) is 113 Å². The molecule has 0 atom stereocenters. The van der Waals surface area contributed by atoms with Gasteiger partial charge in [0.05, 0.1) is 12.2 Å². The van der Waals surface area contributed by atoms with Crippen molar-refractivity contribution in [2.75, 3.05) is 6.61 Å². The van der Waals surface area contributed by atoms with E-state index in [1.165, 1.54) is 0 Å². The van der Waals surface area contributed by atoms with Gasteiger partial charge in [-0.25, -0.2) is 4.79 Å². The second kappa shape index (κ2) is 10.2. The highest BCUT2D eigenvalue weighted by atomic mass is 35.5. The molecule has 4 aromatic carbocycles. The first-order valence-electron chi connectivity index (χ1n) is 10.5. The van der Waals surface area contributed by atoms with Gasteiger partial charge in [-0.2, -0.15) is 0 Å². The lowest BCUT2D eigenvalue weighted by Gasteiger charge is -2.17. The smallest absolute Gasteiger partial charge is 0.338 e. The van der Waals surface area contributed by atoms with Crippen molar-refractivity contribution >= 4 is 17.6 Å². The predicted molar refractivity (Wildman–Crippen MR) is 129 cm³/mol. The van der Waals surface area contributed by atoms with Crippen molar-refractivity contribution in [2.45, 2.75) is 13.5 Å². The zero-order valence-electron chi connectivity index (χ0n) is 17.8. The zero-order valence-corrected chi connectivity index (χ0v) is 18.5. The van der Waals surface area contributed by atoms with E-state index in [0.717, 1.165) is 33.6 Å². The molecule has 4 rings (SSSR count). The van der Waals surface area contributed by atoms with Crippen LogP contribution >= 0.6 is 11.6 Å². The molecule has 0 unspecified atom stereocenters. The number of para-hydroxylation sites is 1. The van der Waals surface area contributed by atoms with Crippen molar-refractivity contribution < 1.29 is 14.3 Å². The maximum atomic E-state index is 12.7. The molecular formula is C28H23ClO3. The Balaban J connectivity index is 1.77. The highest BCUT2D eigenvalue weighted by Gasteiger charge is 2.19. The lowest BCUT2D eigenvalue weighted by molar-refractivity contribution is 0.0527. The van der Waals surface area contributed by atoms with E-state index >= 15 is 0 Å². The van der Waals surface area contributed by atoms with E-state index in [-0.39, 0.29) is 0 Å². The SMILES string of the molecule is CCOC(=O)c1cc(Cl)ccc1-c1ccccc1-c1ccccc1OCc1ccccc1. The minimum atomic E-state index is -0.395. The van der Waals surface area contributed by atoms with Crippen LogP contribution in [-0.4, -0.2) is 12.6 Å². The maximum absolute atomic E-state index is 12.7. The number of benzene rings is 4. The highest BCUT2D eigenvalue weighted by molar-refractivity contribution is 6.31. The molecule has 0 heterocycles. The van der Waals surface area contributed by atoms with E-state index in [1.54, 1.807) is 19.1 Å². The first-order chi connectivity index (χ1) is 15.7. The number of hydrogen-bond acceptors (Lipinski definition) is 3. The van der Waals surface area contributed by atoms with Gasteiger partial charge in [-0.15, -0.1) is 0 Å². The molecule has 160 valence electrons. The number of rotatable bonds is 7. The molecule has 0 radical (unpaired) electrons. The van der Waals surface area contributed by atoms with E-state index in [1.807, 2.05) is 84.9 Å². The fourth-order valence-corrected chi connectivity index (χ4v) is 3.80. The topological polar surface area (TPSA) is 35.5 Å². The molecule has 4 heteroatoms. The molecule has 0 aliphatic carbocycles. The van der Waals surface area contributed by atoms with Crippen LogP contribution in [0, 0.1) is 0 Å². The molecule has 0 bridgehead atoms. The average molecular weight is 443 g/mol. The van der Waals surface area contributed by atoms with Crippen LogP contribution in [0.3, 0.4) is 0 Å². The van der Waals surface area contributed by atoms with Crippen molar-refractivity contribution in [1.29, 1.82) is 0 Å². The van der Waals surface area contributed by atoms with Crippen molar-refractivity contribution in [2.24, 2.45) is 0 Å². The van der Waals surface area contributed by atoms with Crippen LogP contribution < -0.4 is 4.74 Å². The van der Waals surface area contributed by atoms with E-state index in [2.05, 4.69) is 0 Å². The third-order valence-corrected chi connectivity index (χ3v) is 5.34. The lowest BCUT2D eigenvalue weighted by atomic mass is 9.91. The molecule has 0 aromatic heterocycles. The summed E-state index contributed by atoms with van der Waals surface area (Å²) in [4.78, 5) is 12.7. The molecule has 0 aliphatic rings. The van der Waals surface area contributed by atoms with Gasteiger partial charge in [0.15, 0.2) is 0 Å². The summed E-state index contributed by atoms with van der Waals surface area (Å²) in [6.07, 6.45) is 0. The lowest BCUT2D eigenvalue weighted by Crippen LogP contribution is -2.07. The number of halogens is 1. The van der Waals surface area contributed by atoms with Gasteiger partial charge in [0.2, 0.25) is 0 Å². The van der Waals surface area contributed by atoms with Gasteiger partial charge in [0.25, 0.3) is 0 Å². The Kier molecular flexibility index (Phi) is 6.88. The van der Waals surface area contributed by atoms with Gasteiger partial charge in [-0.05, 0) is 47.4 Å². The largest absolute Gasteiger partial charge is 0.488 e. The molecular weight excluding hydrogens is 420 g/mol. The Morgan fingerprint density at radius 3 is 2.09 bits per heavy atom. The Bertz CT molecular complexity index is 1220. The molecule has 3 nitrogen and oxygen atoms in total. The average Bonchev–Trinajstić information content (AvgIpc) is 2.84. The van der Waals surface area contributed by atoms with Crippen molar-refractivity contribution in [3.63, 3.8) is 0 Å². The Labute approximate surface area is 193 Å². The third kappa shape index (κ3) is 4.84. The third-order valence-electron chi connectivity index (χ3n) is 5.11. The molecule has 32 heavy (non-hydrogen) atoms. The second-order valence-electron chi connectivity index (χ2n) is 7.23. The summed E-state index contributed by atoms with van der Waals surface area (Å²) in [5.41, 5.74) is 5.12. The maximum Gasteiger partial charge on any atom is 0.338 e. The van der Waals surface area contributed by atoms with Crippen LogP contribution in [0.1, 0.15) is 22.8 Å². The molecule has 0 fully saturated rings. The predicted octanol–water partition coefficient (Wildman–Crippen LogP) is 7.43. The van der Waals surface area contributed by atoms with E-state index in [9.17, 15) is 4.79 Å². The first kappa shape index (κ1) is 21.7. The molecule has 0 saturated heterocycles. The van der Waals surface area contributed by atoms with Gasteiger partial charge >= 0.3 is 5.97 Å². The number of esters is 1. The summed E-state index contributed by atoms with van der Waals surface area (Å²) < 4.78 is 11.5. The zero-order chi connectivity index (χ0) is 22.3. The fourth-order valence-electron chi connectivity index (χ4n) is 3.63. The van der Waals surface area contributed by atoms with Crippen LogP contribution in [0.2, 0.25) is 5.02 Å². The van der Waals surface area contributed by atoms with Gasteiger partial charge in [-0.3, -0.25) is 0 Å². The fraction of sp³-hybridized carbons (Fsp3) is 0.107. The van der Waals surface area contributed by atoms with E-state index in [4.69, 9.17) is 21.1 Å². The summed E-state index contributed by atoms with van der Waals surface area (Å²) in [5, 5.41) is 0.487. The molecule has 4 aromatic rings. The summed E-state index contributed by atoms with van der Waals surface area (Å²) >= 11 is 6.20. The van der Waals surface area contributed by atoms with Crippen LogP contribution in [0.25, 0.3) is 22.3 Å². The summed E-state index contributed by atoms with van der Waals surface area (Å²) in [6.45, 7) is 2.55. The normalized spacial score (nSPS) is 10.6. The minimum Gasteiger partial charge on any atom is -0.488 e. The van der Waals surface area contributed by atoms with E-state index < -0.39 is 5.97 Å². The number of carbonyl (C=O) groups excluding carboxylic acids is 1. The quantitative estimate of drug-likeness (QED) is 0.279. The van der Waals surface area contributed by atoms with Crippen LogP contribution in [0.4, 0.5) is 0 Å². The molecule has 0 N–H and O–H groups in total. The van der Waals surface area contributed by atoms with Crippen molar-refractivity contribution in [1.82, 2.24) is 0 Å². The summed E-state index contributed by atoms with van der Waals surface area (Å²) in [7, 11) is 0. The molecule has 0 saturated carbocycles. The number of ether oxygens (including phenoxy) is 2. The Morgan fingerprint density at radius 2 is 1.38 bits per heavy atom. The molecule has 0 spiro atoms. The van der Waals surface area contributed by atoms with Gasteiger partial charge < -0.3 is 9.47 Å². The Hall–Kier alpha value is -3.56. The monoisotopic (exact) mass is 442 g/mol. The second-order valence-corrected chi connectivity index (χ2v) is 7.66. The van der Waals surface area contributed by atoms with Crippen LogP contribution in [0.5, 0.6) is 5.75 Å². The minimum absolute atomic E-state index is 0.294. The van der Waals surface area contributed by atoms with Gasteiger partial charge in [0.1, 0.15) is 12.4 Å². The standard InChI is InChI=1S/C28H23ClO3/c1-2-31-28(30)26-18-21(29)16-17-24(26)22-12-6-7-13-23(22)25-14-8-9-15-27(25)32-19-20-10-4-3-5-11-20/h3-18H,2,19H2,1H3. The highest BCUT2D eigenvalue weighted by Crippen LogP contribution is 2.39. The van der Waals surface area contributed by atoms with Crippen LogP contribution in [-0.2, 0) is 11.3 Å². The summed E-state index contributed by atoms with van der Waals surface area (Å²) in [5.74, 6) is 0.379. The Morgan fingerprint density at radius 1 is 0.750 bits per heavy atom. The molecule has 0 amide bonds. The van der Waals surface area contributed by atoms with Crippen LogP contribution in [0.15, 0.2) is 97.1 Å². The molecule has 0 aliphatic heterocycles. The number of hydrogen-bond donors (Lipinski definition) is 0. The van der Waals surface area contributed by atoms with Gasteiger partial charge in [0, 0.05) is 10.6 Å². The van der Waals surface area contributed by atoms with Gasteiger partial charge in [-0.1, -0.05) is 90.5 Å².